The standard InChI is InChI=1S/C12H12BrN3O/c1-8-2-4-11(17)10(16-8)7-14-9-3-5-12(13)15-6-9/h2-6,14,17H,7H2,1H3. The number of aromatic hydroxyl groups is 1. The maximum absolute atomic E-state index is 9.63. The van der Waals surface area contributed by atoms with Crippen molar-refractivity contribution in [3.05, 3.63) is 46.5 Å². The number of aryl methyl sites for hydroxylation is 1. The highest BCUT2D eigenvalue weighted by Crippen LogP contribution is 2.17. The fourth-order valence-electron chi connectivity index (χ4n) is 1.40. The summed E-state index contributed by atoms with van der Waals surface area (Å²) >= 11 is 3.27. The number of pyridine rings is 2. The Morgan fingerprint density at radius 3 is 2.82 bits per heavy atom. The molecular weight excluding hydrogens is 282 g/mol. The summed E-state index contributed by atoms with van der Waals surface area (Å²) in [6, 6.07) is 7.19. The van der Waals surface area contributed by atoms with Gasteiger partial charge in [-0.05, 0) is 47.1 Å². The second-order valence-electron chi connectivity index (χ2n) is 3.64. The Labute approximate surface area is 108 Å². The van der Waals surface area contributed by atoms with Crippen molar-refractivity contribution in [2.24, 2.45) is 0 Å². The summed E-state index contributed by atoms with van der Waals surface area (Å²) in [4.78, 5) is 8.37. The van der Waals surface area contributed by atoms with Gasteiger partial charge < -0.3 is 10.4 Å². The third-order valence-electron chi connectivity index (χ3n) is 2.28. The molecule has 4 nitrogen and oxygen atoms in total. The number of anilines is 1. The molecule has 2 aromatic heterocycles. The lowest BCUT2D eigenvalue weighted by Crippen LogP contribution is -2.03. The maximum Gasteiger partial charge on any atom is 0.138 e. The van der Waals surface area contributed by atoms with Gasteiger partial charge in [-0.1, -0.05) is 0 Å². The molecule has 2 N–H and O–H groups in total. The van der Waals surface area contributed by atoms with Crippen LogP contribution in [-0.2, 0) is 6.54 Å². The van der Waals surface area contributed by atoms with E-state index in [-0.39, 0.29) is 5.75 Å². The molecule has 0 aliphatic heterocycles. The zero-order chi connectivity index (χ0) is 12.3. The first kappa shape index (κ1) is 11.9. The number of rotatable bonds is 3. The van der Waals surface area contributed by atoms with Gasteiger partial charge in [-0.15, -0.1) is 0 Å². The van der Waals surface area contributed by atoms with Crippen LogP contribution in [-0.4, -0.2) is 15.1 Å². The Hall–Kier alpha value is -1.62. The molecule has 17 heavy (non-hydrogen) atoms. The van der Waals surface area contributed by atoms with E-state index in [0.29, 0.717) is 12.2 Å². The van der Waals surface area contributed by atoms with Crippen LogP contribution in [0.3, 0.4) is 0 Å². The van der Waals surface area contributed by atoms with Crippen molar-refractivity contribution in [1.82, 2.24) is 9.97 Å². The van der Waals surface area contributed by atoms with Crippen LogP contribution in [0.15, 0.2) is 35.1 Å². The predicted octanol–water partition coefficient (Wildman–Crippen LogP) is 2.87. The third-order valence-corrected chi connectivity index (χ3v) is 2.75. The molecule has 0 fully saturated rings. The second-order valence-corrected chi connectivity index (χ2v) is 4.45. The molecular formula is C12H12BrN3O. The summed E-state index contributed by atoms with van der Waals surface area (Å²) in [6.07, 6.45) is 1.72. The van der Waals surface area contributed by atoms with Crippen LogP contribution in [0, 0.1) is 6.92 Å². The Kier molecular flexibility index (Phi) is 3.58. The molecule has 2 heterocycles. The van der Waals surface area contributed by atoms with Crippen molar-refractivity contribution in [2.45, 2.75) is 13.5 Å². The average Bonchev–Trinajstić information content (AvgIpc) is 2.32. The Bertz CT molecular complexity index is 514. The molecule has 0 aromatic carbocycles. The van der Waals surface area contributed by atoms with Crippen molar-refractivity contribution in [3.63, 3.8) is 0 Å². The minimum absolute atomic E-state index is 0.202. The molecule has 0 saturated carbocycles. The number of aromatic nitrogens is 2. The molecule has 0 bridgehead atoms. The van der Waals surface area contributed by atoms with E-state index in [9.17, 15) is 5.11 Å². The van der Waals surface area contributed by atoms with Crippen molar-refractivity contribution in [2.75, 3.05) is 5.32 Å². The van der Waals surface area contributed by atoms with Crippen LogP contribution in [0.4, 0.5) is 5.69 Å². The molecule has 88 valence electrons. The van der Waals surface area contributed by atoms with Gasteiger partial charge in [-0.2, -0.15) is 0 Å². The highest BCUT2D eigenvalue weighted by Gasteiger charge is 2.03. The van der Waals surface area contributed by atoms with Crippen molar-refractivity contribution in [1.29, 1.82) is 0 Å². The maximum atomic E-state index is 9.63. The van der Waals surface area contributed by atoms with E-state index in [0.717, 1.165) is 16.0 Å². The Morgan fingerprint density at radius 2 is 2.12 bits per heavy atom. The smallest absolute Gasteiger partial charge is 0.138 e. The number of nitrogens with one attached hydrogen (secondary N) is 1. The van der Waals surface area contributed by atoms with Crippen LogP contribution >= 0.6 is 15.9 Å². The molecule has 0 spiro atoms. The van der Waals surface area contributed by atoms with Crippen molar-refractivity contribution >= 4 is 21.6 Å². The van der Waals surface area contributed by atoms with Crippen LogP contribution in [0.5, 0.6) is 5.75 Å². The topological polar surface area (TPSA) is 58.0 Å². The van der Waals surface area contributed by atoms with Gasteiger partial charge in [0.15, 0.2) is 0 Å². The fraction of sp³-hybridized carbons (Fsp3) is 0.167. The minimum Gasteiger partial charge on any atom is -0.506 e. The monoisotopic (exact) mass is 293 g/mol. The first-order chi connectivity index (χ1) is 8.15. The van der Waals surface area contributed by atoms with Gasteiger partial charge in [0.1, 0.15) is 16.0 Å². The summed E-state index contributed by atoms with van der Waals surface area (Å²) in [5.74, 6) is 0.202. The lowest BCUT2D eigenvalue weighted by molar-refractivity contribution is 0.464. The quantitative estimate of drug-likeness (QED) is 0.855. The Morgan fingerprint density at radius 1 is 1.29 bits per heavy atom. The second kappa shape index (κ2) is 5.14. The highest BCUT2D eigenvalue weighted by atomic mass is 79.9. The van der Waals surface area contributed by atoms with E-state index in [4.69, 9.17) is 0 Å². The fourth-order valence-corrected chi connectivity index (χ4v) is 1.63. The van der Waals surface area contributed by atoms with Crippen LogP contribution in [0.25, 0.3) is 0 Å². The summed E-state index contributed by atoms with van der Waals surface area (Å²) in [5, 5.41) is 12.8. The summed E-state index contributed by atoms with van der Waals surface area (Å²) in [6.45, 7) is 2.36. The van der Waals surface area contributed by atoms with E-state index in [1.54, 1.807) is 18.3 Å². The number of nitrogens with zero attached hydrogens (tertiary/aromatic N) is 2. The Balaban J connectivity index is 2.07. The van der Waals surface area contributed by atoms with Crippen LogP contribution in [0.2, 0.25) is 0 Å². The lowest BCUT2D eigenvalue weighted by atomic mass is 10.3. The van der Waals surface area contributed by atoms with E-state index >= 15 is 0 Å². The third kappa shape index (κ3) is 3.17. The molecule has 5 heteroatoms. The summed E-state index contributed by atoms with van der Waals surface area (Å²) in [7, 11) is 0. The molecule has 0 atom stereocenters. The van der Waals surface area contributed by atoms with Crippen LogP contribution in [0.1, 0.15) is 11.4 Å². The molecule has 0 aliphatic rings. The number of hydrogen-bond donors (Lipinski definition) is 2. The summed E-state index contributed by atoms with van der Waals surface area (Å²) < 4.78 is 0.791. The van der Waals surface area contributed by atoms with Gasteiger partial charge in [0.25, 0.3) is 0 Å². The van der Waals surface area contributed by atoms with Gasteiger partial charge in [0.2, 0.25) is 0 Å². The van der Waals surface area contributed by atoms with E-state index in [2.05, 4.69) is 31.2 Å². The molecule has 0 amide bonds. The average molecular weight is 294 g/mol. The lowest BCUT2D eigenvalue weighted by Gasteiger charge is -2.07. The van der Waals surface area contributed by atoms with Gasteiger partial charge in [0.05, 0.1) is 18.4 Å². The van der Waals surface area contributed by atoms with Crippen molar-refractivity contribution < 1.29 is 5.11 Å². The molecule has 0 aliphatic carbocycles. The number of hydrogen-bond acceptors (Lipinski definition) is 4. The zero-order valence-corrected chi connectivity index (χ0v) is 10.9. The van der Waals surface area contributed by atoms with Gasteiger partial charge >= 0.3 is 0 Å². The molecule has 2 rings (SSSR count). The molecule has 0 radical (unpaired) electrons. The minimum atomic E-state index is 0.202. The largest absolute Gasteiger partial charge is 0.506 e. The highest BCUT2D eigenvalue weighted by molar-refractivity contribution is 9.10. The van der Waals surface area contributed by atoms with E-state index in [1.165, 1.54) is 0 Å². The van der Waals surface area contributed by atoms with Crippen molar-refractivity contribution in [3.8, 4) is 5.75 Å². The first-order valence-electron chi connectivity index (χ1n) is 5.16. The van der Waals surface area contributed by atoms with E-state index < -0.39 is 0 Å². The van der Waals surface area contributed by atoms with E-state index in [1.807, 2.05) is 19.1 Å². The van der Waals surface area contributed by atoms with Gasteiger partial charge in [-0.3, -0.25) is 4.98 Å². The summed E-state index contributed by atoms with van der Waals surface area (Å²) in [5.41, 5.74) is 2.40. The molecule has 2 aromatic rings. The van der Waals surface area contributed by atoms with Gasteiger partial charge in [-0.25, -0.2) is 4.98 Å². The SMILES string of the molecule is Cc1ccc(O)c(CNc2ccc(Br)nc2)n1. The normalized spacial score (nSPS) is 10.2. The number of halogens is 1. The van der Waals surface area contributed by atoms with Crippen LogP contribution < -0.4 is 5.32 Å². The molecule has 0 saturated heterocycles. The molecule has 0 unspecified atom stereocenters. The van der Waals surface area contributed by atoms with Gasteiger partial charge in [0, 0.05) is 5.69 Å². The zero-order valence-electron chi connectivity index (χ0n) is 9.31. The first-order valence-corrected chi connectivity index (χ1v) is 5.95. The predicted molar refractivity (Wildman–Crippen MR) is 69.9 cm³/mol.